The summed E-state index contributed by atoms with van der Waals surface area (Å²) in [6, 6.07) is 1.89. The first kappa shape index (κ1) is 17.3. The van der Waals surface area contributed by atoms with Crippen LogP contribution >= 0.6 is 0 Å². The summed E-state index contributed by atoms with van der Waals surface area (Å²) in [6.07, 6.45) is 9.58. The fourth-order valence-corrected chi connectivity index (χ4v) is 4.69. The molecule has 1 saturated carbocycles. The van der Waals surface area contributed by atoms with Crippen molar-refractivity contribution in [3.8, 4) is 0 Å². The van der Waals surface area contributed by atoms with E-state index in [1.807, 2.05) is 0 Å². The maximum Gasteiger partial charge on any atom is 0.0742 e. The van der Waals surface area contributed by atoms with Crippen LogP contribution < -0.4 is 5.32 Å². The van der Waals surface area contributed by atoms with Crippen LogP contribution in [0.3, 0.4) is 0 Å². The zero-order valence-corrected chi connectivity index (χ0v) is 14.9. The van der Waals surface area contributed by atoms with Crippen LogP contribution in [0.4, 0.5) is 0 Å². The molecule has 4 atom stereocenters. The van der Waals surface area contributed by atoms with Crippen molar-refractivity contribution in [3.63, 3.8) is 0 Å². The Morgan fingerprint density at radius 3 is 2.48 bits per heavy atom. The van der Waals surface area contributed by atoms with Gasteiger partial charge in [0.15, 0.2) is 0 Å². The van der Waals surface area contributed by atoms with Crippen LogP contribution in [0.15, 0.2) is 0 Å². The van der Waals surface area contributed by atoms with E-state index < -0.39 is 0 Å². The van der Waals surface area contributed by atoms with Crippen molar-refractivity contribution in [1.82, 2.24) is 10.2 Å². The van der Waals surface area contributed by atoms with E-state index >= 15 is 0 Å². The van der Waals surface area contributed by atoms with Crippen LogP contribution in [-0.2, 0) is 0 Å². The lowest BCUT2D eigenvalue weighted by atomic mass is 9.62. The smallest absolute Gasteiger partial charge is 0.0742 e. The topological polar surface area (TPSA) is 15.3 Å². The monoisotopic (exact) mass is 290 g/mol. The van der Waals surface area contributed by atoms with Crippen LogP contribution in [0.2, 0.25) is 5.31 Å². The second kappa shape index (κ2) is 7.04. The van der Waals surface area contributed by atoms with E-state index in [4.69, 9.17) is 7.85 Å². The summed E-state index contributed by atoms with van der Waals surface area (Å²) in [5.41, 5.74) is 0. The first-order valence-electron chi connectivity index (χ1n) is 9.12. The average Bonchev–Trinajstić information content (AvgIpc) is 2.66. The Labute approximate surface area is 133 Å². The van der Waals surface area contributed by atoms with Crippen LogP contribution in [0.25, 0.3) is 0 Å². The fraction of sp³-hybridized carbons (Fsp3) is 1.00. The van der Waals surface area contributed by atoms with E-state index in [1.54, 1.807) is 0 Å². The lowest BCUT2D eigenvalue weighted by Gasteiger charge is -2.37. The Kier molecular flexibility index (Phi) is 5.81. The highest BCUT2D eigenvalue weighted by atomic mass is 15.3. The van der Waals surface area contributed by atoms with Crippen LogP contribution in [0.1, 0.15) is 79.6 Å². The first-order valence-corrected chi connectivity index (χ1v) is 9.12. The molecule has 0 amide bonds. The number of nitrogens with zero attached hydrogens (tertiary/aromatic N) is 1. The maximum atomic E-state index is 6.60. The summed E-state index contributed by atoms with van der Waals surface area (Å²) < 4.78 is 0. The summed E-state index contributed by atoms with van der Waals surface area (Å²) >= 11 is 0. The molecular formula is C18H35BN2. The third kappa shape index (κ3) is 4.48. The van der Waals surface area contributed by atoms with Crippen molar-refractivity contribution in [2.45, 2.75) is 109 Å². The SMILES string of the molecule is [B]C1(C)CCCCCC2C(CC(NC(C)C)N2C(C)C)C1. The predicted molar refractivity (Wildman–Crippen MR) is 92.8 cm³/mol. The lowest BCUT2D eigenvalue weighted by Crippen LogP contribution is -2.50. The minimum Gasteiger partial charge on any atom is -0.299 e. The van der Waals surface area contributed by atoms with E-state index in [1.165, 1.54) is 44.9 Å². The molecule has 0 aromatic rings. The number of hydrogen-bond acceptors (Lipinski definition) is 2. The normalized spacial score (nSPS) is 39.1. The molecule has 1 saturated heterocycles. The summed E-state index contributed by atoms with van der Waals surface area (Å²) in [5, 5.41) is 3.83. The van der Waals surface area contributed by atoms with Gasteiger partial charge in [0.05, 0.1) is 14.0 Å². The van der Waals surface area contributed by atoms with E-state index in [-0.39, 0.29) is 5.31 Å². The molecule has 2 nitrogen and oxygen atoms in total. The van der Waals surface area contributed by atoms with Gasteiger partial charge in [-0.2, -0.15) is 0 Å². The van der Waals surface area contributed by atoms with Crippen molar-refractivity contribution in [1.29, 1.82) is 0 Å². The van der Waals surface area contributed by atoms with Gasteiger partial charge in [0.2, 0.25) is 0 Å². The third-order valence-corrected chi connectivity index (χ3v) is 5.41. The maximum absolute atomic E-state index is 6.60. The average molecular weight is 290 g/mol. The minimum absolute atomic E-state index is 0.0304. The quantitative estimate of drug-likeness (QED) is 0.787. The largest absolute Gasteiger partial charge is 0.299 e. The van der Waals surface area contributed by atoms with Crippen LogP contribution in [0.5, 0.6) is 0 Å². The van der Waals surface area contributed by atoms with Gasteiger partial charge in [0.1, 0.15) is 0 Å². The van der Waals surface area contributed by atoms with Crippen molar-refractivity contribution in [2.75, 3.05) is 0 Å². The van der Waals surface area contributed by atoms with Gasteiger partial charge in [-0.05, 0) is 46.5 Å². The second-order valence-corrected chi connectivity index (χ2v) is 8.40. The van der Waals surface area contributed by atoms with Crippen molar-refractivity contribution >= 4 is 7.85 Å². The van der Waals surface area contributed by atoms with Gasteiger partial charge in [0, 0.05) is 18.1 Å². The molecule has 21 heavy (non-hydrogen) atoms. The number of nitrogens with one attached hydrogen (secondary N) is 1. The van der Waals surface area contributed by atoms with Gasteiger partial charge >= 0.3 is 0 Å². The Morgan fingerprint density at radius 2 is 1.86 bits per heavy atom. The second-order valence-electron chi connectivity index (χ2n) is 8.40. The number of hydrogen-bond donors (Lipinski definition) is 1. The lowest BCUT2D eigenvalue weighted by molar-refractivity contribution is 0.105. The van der Waals surface area contributed by atoms with E-state index in [9.17, 15) is 0 Å². The molecular weight excluding hydrogens is 255 g/mol. The predicted octanol–water partition coefficient (Wildman–Crippen LogP) is 4.11. The standard InChI is InChI=1S/C18H35BN2/c1-13(2)20-17-11-15-12-18(5,19)10-8-6-7-9-16(15)21(17)14(3)4/h13-17,20H,6-12H2,1-5H3. The molecule has 4 unspecified atom stereocenters. The van der Waals surface area contributed by atoms with Gasteiger partial charge in [0.25, 0.3) is 0 Å². The fourth-order valence-electron chi connectivity index (χ4n) is 4.69. The van der Waals surface area contributed by atoms with Crippen molar-refractivity contribution in [3.05, 3.63) is 0 Å². The number of fused-ring (bicyclic) bond motifs is 1. The molecule has 0 aromatic carbocycles. The summed E-state index contributed by atoms with van der Waals surface area (Å²) in [6.45, 7) is 11.5. The van der Waals surface area contributed by atoms with E-state index in [2.05, 4.69) is 44.8 Å². The molecule has 2 fully saturated rings. The third-order valence-electron chi connectivity index (χ3n) is 5.41. The molecule has 2 radical (unpaired) electrons. The summed E-state index contributed by atoms with van der Waals surface area (Å²) in [5.74, 6) is 0.761. The Balaban J connectivity index is 2.18. The van der Waals surface area contributed by atoms with Crippen molar-refractivity contribution in [2.24, 2.45) is 5.92 Å². The highest BCUT2D eigenvalue weighted by Crippen LogP contribution is 2.45. The zero-order chi connectivity index (χ0) is 15.6. The van der Waals surface area contributed by atoms with Gasteiger partial charge in [-0.3, -0.25) is 10.2 Å². The highest BCUT2D eigenvalue weighted by molar-refractivity contribution is 6.14. The Morgan fingerprint density at radius 1 is 1.14 bits per heavy atom. The van der Waals surface area contributed by atoms with Gasteiger partial charge in [-0.1, -0.05) is 44.3 Å². The van der Waals surface area contributed by atoms with Gasteiger partial charge in [-0.25, -0.2) is 0 Å². The zero-order valence-electron chi connectivity index (χ0n) is 14.9. The number of rotatable bonds is 3. The Bertz CT molecular complexity index is 327. The van der Waals surface area contributed by atoms with Gasteiger partial charge in [-0.15, -0.1) is 0 Å². The van der Waals surface area contributed by atoms with Crippen LogP contribution in [-0.4, -0.2) is 37.0 Å². The molecule has 1 aliphatic carbocycles. The molecule has 0 spiro atoms. The highest BCUT2D eigenvalue weighted by Gasteiger charge is 2.43. The molecule has 2 aliphatic rings. The van der Waals surface area contributed by atoms with E-state index in [0.717, 1.165) is 12.0 Å². The molecule has 3 heteroatoms. The van der Waals surface area contributed by atoms with Gasteiger partial charge < -0.3 is 0 Å². The summed E-state index contributed by atoms with van der Waals surface area (Å²) in [4.78, 5) is 2.76. The molecule has 1 N–H and O–H groups in total. The van der Waals surface area contributed by atoms with E-state index in [0.29, 0.717) is 18.2 Å². The molecule has 2 rings (SSSR count). The summed E-state index contributed by atoms with van der Waals surface area (Å²) in [7, 11) is 6.60. The van der Waals surface area contributed by atoms with Crippen molar-refractivity contribution < 1.29 is 0 Å². The molecule has 1 heterocycles. The molecule has 120 valence electrons. The minimum atomic E-state index is 0.0304. The number of likely N-dealkylation sites (tertiary alicyclic amines) is 1. The Hall–Kier alpha value is -0.0151. The molecule has 0 aromatic heterocycles. The van der Waals surface area contributed by atoms with Crippen LogP contribution in [0, 0.1) is 5.92 Å². The first-order chi connectivity index (χ1) is 9.80. The molecule has 0 bridgehead atoms. The molecule has 1 aliphatic heterocycles.